The molecule has 0 amide bonds. The lowest BCUT2D eigenvalue weighted by atomic mass is 10.2. The number of hydrogen-bond donors (Lipinski definition) is 0. The van der Waals surface area contributed by atoms with Crippen molar-refractivity contribution in [1.82, 2.24) is 19.9 Å². The van der Waals surface area contributed by atoms with Crippen LogP contribution < -0.4 is 19.3 Å². The molecular weight excluding hydrogens is 492 g/mol. The first-order valence-corrected chi connectivity index (χ1v) is 12.2. The third kappa shape index (κ3) is 9.38. The molecule has 2 aromatic heterocycles. The Bertz CT molecular complexity index is 955. The Morgan fingerprint density at radius 3 is 1.26 bits per heavy atom. The minimum Gasteiger partial charge on any atom is -0.474 e. The third-order valence-corrected chi connectivity index (χ3v) is 5.36. The molecule has 0 saturated carbocycles. The van der Waals surface area contributed by atoms with Crippen LogP contribution in [0.4, 0.5) is 23.0 Å². The molecule has 0 aliphatic heterocycles. The average molecular weight is 529 g/mol. The van der Waals surface area contributed by atoms with E-state index in [2.05, 4.69) is 19.9 Å². The molecule has 2 heterocycles. The maximum absolute atomic E-state index is 5.56. The minimum absolute atomic E-state index is 0.396. The Morgan fingerprint density at radius 1 is 0.526 bits per heavy atom. The van der Waals surface area contributed by atoms with Gasteiger partial charge in [0.05, 0.1) is 64.4 Å². The van der Waals surface area contributed by atoms with Crippen LogP contribution in [0.1, 0.15) is 0 Å². The van der Waals surface area contributed by atoms with Gasteiger partial charge in [0.1, 0.15) is 13.2 Å². The van der Waals surface area contributed by atoms with Crippen molar-refractivity contribution in [2.75, 3.05) is 91.0 Å². The second-order valence-electron chi connectivity index (χ2n) is 7.97. The monoisotopic (exact) mass is 528 g/mol. The van der Waals surface area contributed by atoms with Gasteiger partial charge in [-0.3, -0.25) is 0 Å². The normalized spacial score (nSPS) is 10.8. The van der Waals surface area contributed by atoms with Crippen LogP contribution >= 0.6 is 0 Å². The number of methoxy groups -OCH3 is 2. The van der Waals surface area contributed by atoms with E-state index < -0.39 is 0 Å². The van der Waals surface area contributed by atoms with Gasteiger partial charge in [0.2, 0.25) is 11.8 Å². The summed E-state index contributed by atoms with van der Waals surface area (Å²) in [7, 11) is 7.13. The summed E-state index contributed by atoms with van der Waals surface area (Å²) in [4.78, 5) is 21.5. The van der Waals surface area contributed by atoms with Gasteiger partial charge in [-0.2, -0.15) is 0 Å². The smallest absolute Gasteiger partial charge is 0.232 e. The van der Waals surface area contributed by atoms with Crippen molar-refractivity contribution in [3.05, 3.63) is 49.1 Å². The first kappa shape index (κ1) is 29.0. The largest absolute Gasteiger partial charge is 0.474 e. The Balaban J connectivity index is 1.47. The number of ether oxygens (including phenoxy) is 6. The van der Waals surface area contributed by atoms with E-state index in [4.69, 9.17) is 28.4 Å². The zero-order chi connectivity index (χ0) is 27.0. The molecule has 12 nitrogen and oxygen atoms in total. The van der Waals surface area contributed by atoms with Crippen molar-refractivity contribution in [3.8, 4) is 11.8 Å². The van der Waals surface area contributed by atoms with Crippen LogP contribution in [-0.2, 0) is 18.9 Å². The maximum Gasteiger partial charge on any atom is 0.232 e. The SMILES string of the molecule is COCCOCCOc1cnc(N(C)c2ccc(N(C)c3cnc(OCCOCCOC)cn3)cc2)cn1. The number of hydrogen-bond acceptors (Lipinski definition) is 12. The Hall–Kier alpha value is -3.58. The van der Waals surface area contributed by atoms with E-state index >= 15 is 0 Å². The van der Waals surface area contributed by atoms with Crippen molar-refractivity contribution in [3.63, 3.8) is 0 Å². The summed E-state index contributed by atoms with van der Waals surface area (Å²) in [6, 6.07) is 8.01. The summed E-state index contributed by atoms with van der Waals surface area (Å²) in [5.74, 6) is 2.28. The molecule has 1 aromatic carbocycles. The average Bonchev–Trinajstić information content (AvgIpc) is 2.97. The number of nitrogens with zero attached hydrogens (tertiary/aromatic N) is 6. The van der Waals surface area contributed by atoms with Crippen molar-refractivity contribution in [2.24, 2.45) is 0 Å². The van der Waals surface area contributed by atoms with Crippen molar-refractivity contribution >= 4 is 23.0 Å². The third-order valence-electron chi connectivity index (χ3n) is 5.36. The van der Waals surface area contributed by atoms with E-state index in [1.807, 2.05) is 48.2 Å². The van der Waals surface area contributed by atoms with Crippen LogP contribution in [0.15, 0.2) is 49.1 Å². The van der Waals surface area contributed by atoms with Gasteiger partial charge in [-0.25, -0.2) is 19.9 Å². The summed E-state index contributed by atoms with van der Waals surface area (Å²) in [6.07, 6.45) is 6.55. The first-order chi connectivity index (χ1) is 18.6. The van der Waals surface area contributed by atoms with Gasteiger partial charge in [-0.15, -0.1) is 0 Å². The molecule has 3 rings (SSSR count). The number of benzene rings is 1. The zero-order valence-corrected chi connectivity index (χ0v) is 22.4. The van der Waals surface area contributed by atoms with Gasteiger partial charge >= 0.3 is 0 Å². The molecule has 0 spiro atoms. The maximum atomic E-state index is 5.56. The lowest BCUT2D eigenvalue weighted by Crippen LogP contribution is -2.14. The highest BCUT2D eigenvalue weighted by atomic mass is 16.5. The van der Waals surface area contributed by atoms with Gasteiger partial charge < -0.3 is 38.2 Å². The highest BCUT2D eigenvalue weighted by Gasteiger charge is 2.10. The Morgan fingerprint density at radius 2 is 0.921 bits per heavy atom. The molecule has 0 bridgehead atoms. The second kappa shape index (κ2) is 16.3. The van der Waals surface area contributed by atoms with Crippen LogP contribution in [0.25, 0.3) is 0 Å². The van der Waals surface area contributed by atoms with Gasteiger partial charge in [0.15, 0.2) is 11.6 Å². The van der Waals surface area contributed by atoms with Gasteiger partial charge in [0, 0.05) is 39.7 Å². The molecule has 3 aromatic rings. The van der Waals surface area contributed by atoms with Crippen molar-refractivity contribution in [2.45, 2.75) is 0 Å². The topological polar surface area (TPSA) is 113 Å². The molecule has 0 saturated heterocycles. The second-order valence-corrected chi connectivity index (χ2v) is 7.97. The number of rotatable bonds is 18. The van der Waals surface area contributed by atoms with Crippen molar-refractivity contribution < 1.29 is 28.4 Å². The summed E-state index contributed by atoms with van der Waals surface area (Å²) in [5.41, 5.74) is 1.92. The van der Waals surface area contributed by atoms with Gasteiger partial charge in [0.25, 0.3) is 0 Å². The van der Waals surface area contributed by atoms with Crippen LogP contribution in [0, 0.1) is 0 Å². The van der Waals surface area contributed by atoms with Gasteiger partial charge in [-0.1, -0.05) is 0 Å². The molecule has 0 atom stereocenters. The molecule has 0 unspecified atom stereocenters. The van der Waals surface area contributed by atoms with Crippen LogP contribution in [0.5, 0.6) is 11.8 Å². The molecule has 12 heteroatoms. The van der Waals surface area contributed by atoms with E-state index in [1.165, 1.54) is 0 Å². The van der Waals surface area contributed by atoms with E-state index in [9.17, 15) is 0 Å². The fourth-order valence-electron chi connectivity index (χ4n) is 3.18. The zero-order valence-electron chi connectivity index (χ0n) is 22.4. The fraction of sp³-hybridized carbons (Fsp3) is 0.462. The summed E-state index contributed by atoms with van der Waals surface area (Å²) in [5, 5.41) is 0. The highest BCUT2D eigenvalue weighted by molar-refractivity contribution is 5.65. The molecule has 0 aliphatic carbocycles. The molecule has 0 radical (unpaired) electrons. The molecular formula is C26H36N6O6. The standard InChI is InChI=1S/C26H36N6O6/c1-31(23-17-29-25(19-27-23)37-15-13-35-11-9-33-3)21-5-7-22(8-6-21)32(2)24-18-30-26(20-28-24)38-16-14-36-12-10-34-4/h5-8,17-20H,9-16H2,1-4H3. The summed E-state index contributed by atoms with van der Waals surface area (Å²) in [6.45, 7) is 3.89. The van der Waals surface area contributed by atoms with E-state index in [-0.39, 0.29) is 0 Å². The summed E-state index contributed by atoms with van der Waals surface area (Å²) >= 11 is 0. The van der Waals surface area contributed by atoms with Crippen LogP contribution in [0.2, 0.25) is 0 Å². The highest BCUT2D eigenvalue weighted by Crippen LogP contribution is 2.27. The molecule has 0 aliphatic rings. The van der Waals surface area contributed by atoms with Gasteiger partial charge in [-0.05, 0) is 24.3 Å². The Kier molecular flexibility index (Phi) is 12.4. The van der Waals surface area contributed by atoms with E-state index in [0.717, 1.165) is 11.4 Å². The predicted molar refractivity (Wildman–Crippen MR) is 143 cm³/mol. The van der Waals surface area contributed by atoms with Crippen LogP contribution in [0.3, 0.4) is 0 Å². The van der Waals surface area contributed by atoms with Crippen molar-refractivity contribution in [1.29, 1.82) is 0 Å². The Labute approximate surface area is 223 Å². The minimum atomic E-state index is 0.396. The lowest BCUT2D eigenvalue weighted by Gasteiger charge is -2.21. The molecule has 206 valence electrons. The number of anilines is 4. The molecule has 0 fully saturated rings. The quantitative estimate of drug-likeness (QED) is 0.226. The predicted octanol–water partition coefficient (Wildman–Crippen LogP) is 2.89. The summed E-state index contributed by atoms with van der Waals surface area (Å²) < 4.78 is 31.7. The molecule has 38 heavy (non-hydrogen) atoms. The van der Waals surface area contributed by atoms with E-state index in [1.54, 1.807) is 39.0 Å². The fourth-order valence-corrected chi connectivity index (χ4v) is 3.18. The number of aromatic nitrogens is 4. The van der Waals surface area contributed by atoms with Crippen LogP contribution in [-0.4, -0.2) is 101 Å². The molecule has 0 N–H and O–H groups in total. The van der Waals surface area contributed by atoms with E-state index in [0.29, 0.717) is 76.3 Å². The lowest BCUT2D eigenvalue weighted by molar-refractivity contribution is 0.0536. The first-order valence-electron chi connectivity index (χ1n) is 12.2.